The number of hydrogen-bond donors (Lipinski definition) is 1. The maximum atomic E-state index is 12.4. The number of amides is 2. The first-order chi connectivity index (χ1) is 13.1. The van der Waals surface area contributed by atoms with Crippen LogP contribution >= 0.6 is 0 Å². The fourth-order valence-electron chi connectivity index (χ4n) is 3.33. The van der Waals surface area contributed by atoms with Gasteiger partial charge in [0, 0.05) is 25.0 Å². The standard InChI is InChI=1S/C21H32N2O4/c1-4-16(5-2)21(25)22-17-11-13-23(14-12-17)20(24)15-27-19-10-8-7-9-18(19)26-6-3/h7-10,16-17H,4-6,11-15H2,1-3H3,(H,22,25). The van der Waals surface area contributed by atoms with Crippen molar-refractivity contribution < 1.29 is 19.1 Å². The van der Waals surface area contributed by atoms with Crippen molar-refractivity contribution >= 4 is 11.8 Å². The number of nitrogens with zero attached hydrogens (tertiary/aromatic N) is 1. The molecule has 6 heteroatoms. The molecule has 1 fully saturated rings. The smallest absolute Gasteiger partial charge is 0.260 e. The lowest BCUT2D eigenvalue weighted by Crippen LogP contribution is -2.48. The molecule has 0 saturated carbocycles. The summed E-state index contributed by atoms with van der Waals surface area (Å²) in [6.45, 7) is 7.82. The zero-order valence-corrected chi connectivity index (χ0v) is 16.7. The number of ether oxygens (including phenoxy) is 2. The SMILES string of the molecule is CCOc1ccccc1OCC(=O)N1CCC(NC(=O)C(CC)CC)CC1. The molecule has 1 N–H and O–H groups in total. The summed E-state index contributed by atoms with van der Waals surface area (Å²) in [6, 6.07) is 7.52. The van der Waals surface area contributed by atoms with Crippen molar-refractivity contribution in [2.45, 2.75) is 52.5 Å². The molecule has 1 aliphatic heterocycles. The first kappa shape index (κ1) is 21.1. The molecule has 0 radical (unpaired) electrons. The molecule has 1 heterocycles. The van der Waals surface area contributed by atoms with E-state index in [0.717, 1.165) is 25.7 Å². The van der Waals surface area contributed by atoms with Gasteiger partial charge in [0.25, 0.3) is 5.91 Å². The van der Waals surface area contributed by atoms with Gasteiger partial charge in [-0.1, -0.05) is 26.0 Å². The lowest BCUT2D eigenvalue weighted by atomic mass is 10.00. The van der Waals surface area contributed by atoms with Gasteiger partial charge in [0.2, 0.25) is 5.91 Å². The topological polar surface area (TPSA) is 67.9 Å². The monoisotopic (exact) mass is 376 g/mol. The van der Waals surface area contributed by atoms with Gasteiger partial charge < -0.3 is 19.7 Å². The molecule has 27 heavy (non-hydrogen) atoms. The number of rotatable bonds is 9. The Bertz CT molecular complexity index is 608. The summed E-state index contributed by atoms with van der Waals surface area (Å²) in [4.78, 5) is 26.5. The van der Waals surface area contributed by atoms with Crippen LogP contribution in [0.3, 0.4) is 0 Å². The Morgan fingerprint density at radius 2 is 1.67 bits per heavy atom. The van der Waals surface area contributed by atoms with Gasteiger partial charge in [-0.15, -0.1) is 0 Å². The number of para-hydroxylation sites is 2. The van der Waals surface area contributed by atoms with E-state index >= 15 is 0 Å². The molecule has 0 aromatic heterocycles. The Morgan fingerprint density at radius 3 is 2.22 bits per heavy atom. The van der Waals surface area contributed by atoms with Crippen LogP contribution in [0.15, 0.2) is 24.3 Å². The molecule has 0 aliphatic carbocycles. The first-order valence-corrected chi connectivity index (χ1v) is 10.0. The molecule has 0 spiro atoms. The van der Waals surface area contributed by atoms with Crippen LogP contribution in [-0.4, -0.2) is 49.1 Å². The second-order valence-electron chi connectivity index (χ2n) is 6.85. The van der Waals surface area contributed by atoms with Crippen molar-refractivity contribution in [3.63, 3.8) is 0 Å². The van der Waals surface area contributed by atoms with Crippen LogP contribution < -0.4 is 14.8 Å². The summed E-state index contributed by atoms with van der Waals surface area (Å²) in [5, 5.41) is 3.13. The third-order valence-corrected chi connectivity index (χ3v) is 5.05. The van der Waals surface area contributed by atoms with Crippen molar-refractivity contribution in [3.8, 4) is 11.5 Å². The average Bonchev–Trinajstić information content (AvgIpc) is 2.69. The minimum Gasteiger partial charge on any atom is -0.490 e. The zero-order valence-electron chi connectivity index (χ0n) is 16.7. The minimum absolute atomic E-state index is 0.00510. The maximum Gasteiger partial charge on any atom is 0.260 e. The van der Waals surface area contributed by atoms with Crippen LogP contribution in [0.2, 0.25) is 0 Å². The highest BCUT2D eigenvalue weighted by molar-refractivity contribution is 5.79. The first-order valence-electron chi connectivity index (χ1n) is 10.0. The number of nitrogens with one attached hydrogen (secondary N) is 1. The number of carbonyl (C=O) groups excluding carboxylic acids is 2. The molecule has 0 atom stereocenters. The Balaban J connectivity index is 1.77. The van der Waals surface area contributed by atoms with Gasteiger partial charge in [-0.05, 0) is 44.7 Å². The van der Waals surface area contributed by atoms with Gasteiger partial charge in [0.15, 0.2) is 18.1 Å². The van der Waals surface area contributed by atoms with Crippen molar-refractivity contribution in [1.82, 2.24) is 10.2 Å². The number of likely N-dealkylation sites (tertiary alicyclic amines) is 1. The summed E-state index contributed by atoms with van der Waals surface area (Å²) in [5.74, 6) is 1.42. The Hall–Kier alpha value is -2.24. The molecule has 1 aliphatic rings. The number of piperidine rings is 1. The van der Waals surface area contributed by atoms with E-state index in [2.05, 4.69) is 5.32 Å². The van der Waals surface area contributed by atoms with Gasteiger partial charge in [-0.2, -0.15) is 0 Å². The lowest BCUT2D eigenvalue weighted by molar-refractivity contribution is -0.134. The van der Waals surface area contributed by atoms with E-state index < -0.39 is 0 Å². The van der Waals surface area contributed by atoms with E-state index in [9.17, 15) is 9.59 Å². The van der Waals surface area contributed by atoms with Crippen molar-refractivity contribution in [1.29, 1.82) is 0 Å². The molecule has 0 bridgehead atoms. The van der Waals surface area contributed by atoms with E-state index in [1.165, 1.54) is 0 Å². The van der Waals surface area contributed by atoms with E-state index in [0.29, 0.717) is 31.2 Å². The lowest BCUT2D eigenvalue weighted by Gasteiger charge is -2.33. The molecular weight excluding hydrogens is 344 g/mol. The summed E-state index contributed by atoms with van der Waals surface area (Å²) in [7, 11) is 0. The Kier molecular flexibility index (Phi) is 8.43. The minimum atomic E-state index is -0.0360. The molecule has 2 amide bonds. The summed E-state index contributed by atoms with van der Waals surface area (Å²) in [6.07, 6.45) is 3.29. The van der Waals surface area contributed by atoms with E-state index in [-0.39, 0.29) is 30.4 Å². The van der Waals surface area contributed by atoms with E-state index in [1.807, 2.05) is 43.9 Å². The quantitative estimate of drug-likeness (QED) is 0.719. The largest absolute Gasteiger partial charge is 0.490 e. The van der Waals surface area contributed by atoms with Gasteiger partial charge in [-0.3, -0.25) is 9.59 Å². The summed E-state index contributed by atoms with van der Waals surface area (Å²) >= 11 is 0. The second-order valence-corrected chi connectivity index (χ2v) is 6.85. The van der Waals surface area contributed by atoms with E-state index in [4.69, 9.17) is 9.47 Å². The molecule has 1 saturated heterocycles. The normalized spacial score (nSPS) is 14.9. The summed E-state index contributed by atoms with van der Waals surface area (Å²) in [5.41, 5.74) is 0. The molecular formula is C21H32N2O4. The van der Waals surface area contributed by atoms with Crippen molar-refractivity contribution in [3.05, 3.63) is 24.3 Å². The fraction of sp³-hybridized carbons (Fsp3) is 0.619. The Labute approximate surface area is 162 Å². The fourth-order valence-corrected chi connectivity index (χ4v) is 3.33. The van der Waals surface area contributed by atoms with Crippen LogP contribution in [0.25, 0.3) is 0 Å². The zero-order chi connectivity index (χ0) is 19.6. The molecule has 1 aromatic carbocycles. The molecule has 0 unspecified atom stereocenters. The van der Waals surface area contributed by atoms with Crippen LogP contribution in [0.5, 0.6) is 11.5 Å². The predicted molar refractivity (Wildman–Crippen MR) is 105 cm³/mol. The maximum absolute atomic E-state index is 12.4. The van der Waals surface area contributed by atoms with Crippen LogP contribution in [-0.2, 0) is 9.59 Å². The highest BCUT2D eigenvalue weighted by atomic mass is 16.5. The molecule has 6 nitrogen and oxygen atoms in total. The number of hydrogen-bond acceptors (Lipinski definition) is 4. The van der Waals surface area contributed by atoms with Gasteiger partial charge in [-0.25, -0.2) is 0 Å². The van der Waals surface area contributed by atoms with Gasteiger partial charge in [0.1, 0.15) is 0 Å². The third kappa shape index (κ3) is 6.15. The summed E-state index contributed by atoms with van der Waals surface area (Å²) < 4.78 is 11.2. The molecule has 150 valence electrons. The number of benzene rings is 1. The van der Waals surface area contributed by atoms with Crippen LogP contribution in [0.4, 0.5) is 0 Å². The second kappa shape index (κ2) is 10.8. The Morgan fingerprint density at radius 1 is 1.07 bits per heavy atom. The van der Waals surface area contributed by atoms with Crippen LogP contribution in [0.1, 0.15) is 46.5 Å². The predicted octanol–water partition coefficient (Wildman–Crippen LogP) is 3.01. The molecule has 1 aromatic rings. The van der Waals surface area contributed by atoms with E-state index in [1.54, 1.807) is 6.07 Å². The highest BCUT2D eigenvalue weighted by Crippen LogP contribution is 2.26. The van der Waals surface area contributed by atoms with Crippen molar-refractivity contribution in [2.24, 2.45) is 5.92 Å². The van der Waals surface area contributed by atoms with Gasteiger partial charge in [0.05, 0.1) is 6.61 Å². The third-order valence-electron chi connectivity index (χ3n) is 5.05. The average molecular weight is 376 g/mol. The van der Waals surface area contributed by atoms with Crippen molar-refractivity contribution in [2.75, 3.05) is 26.3 Å². The molecule has 2 rings (SSSR count). The van der Waals surface area contributed by atoms with Gasteiger partial charge >= 0.3 is 0 Å². The van der Waals surface area contributed by atoms with Crippen LogP contribution in [0, 0.1) is 5.92 Å². The number of carbonyl (C=O) groups is 2. The highest BCUT2D eigenvalue weighted by Gasteiger charge is 2.25.